The van der Waals surface area contributed by atoms with Crippen molar-refractivity contribution in [2.24, 2.45) is 5.73 Å². The summed E-state index contributed by atoms with van der Waals surface area (Å²) >= 11 is 0. The van der Waals surface area contributed by atoms with Gasteiger partial charge < -0.3 is 26.6 Å². The number of nitrogens with one attached hydrogen (secondary N) is 2. The number of primary amides is 1. The van der Waals surface area contributed by atoms with E-state index < -0.39 is 35.8 Å². The molecule has 9 nitrogen and oxygen atoms in total. The Hall–Kier alpha value is -3.38. The van der Waals surface area contributed by atoms with Gasteiger partial charge in [0.1, 0.15) is 0 Å². The normalized spacial score (nSPS) is 13.2. The minimum atomic E-state index is -0.782. The van der Waals surface area contributed by atoms with Gasteiger partial charge in [0.2, 0.25) is 11.8 Å². The van der Waals surface area contributed by atoms with Crippen molar-refractivity contribution in [3.8, 4) is 0 Å². The van der Waals surface area contributed by atoms with Crippen LogP contribution in [0.25, 0.3) is 0 Å². The molecule has 0 unspecified atom stereocenters. The number of hydrogen-bond acceptors (Lipinski definition) is 8. The lowest BCUT2D eigenvalue weighted by atomic mass is 9.85. The van der Waals surface area contributed by atoms with Crippen molar-refractivity contribution in [2.45, 2.75) is 95.3 Å². The summed E-state index contributed by atoms with van der Waals surface area (Å²) in [6.45, 7) is 5.76. The molecular formula is C39H58N4O5S2. The summed E-state index contributed by atoms with van der Waals surface area (Å²) in [5.41, 5.74) is 6.28. The molecule has 0 saturated heterocycles. The van der Waals surface area contributed by atoms with Crippen molar-refractivity contribution < 1.29 is 24.6 Å². The quantitative estimate of drug-likeness (QED) is 0.0374. The molecule has 1 heterocycles. The second kappa shape index (κ2) is 28.3. The molecule has 1 aromatic rings. The Bertz CT molecular complexity index is 1300. The van der Waals surface area contributed by atoms with Crippen molar-refractivity contribution in [3.05, 3.63) is 102 Å². The van der Waals surface area contributed by atoms with E-state index in [2.05, 4.69) is 89.4 Å². The molecule has 1 atom stereocenters. The Balaban J connectivity index is 2.37. The van der Waals surface area contributed by atoms with E-state index in [1.807, 2.05) is 19.9 Å². The molecule has 0 aliphatic heterocycles. The molecule has 0 aliphatic rings. The van der Waals surface area contributed by atoms with Crippen LogP contribution in [0, 0.1) is 0 Å². The summed E-state index contributed by atoms with van der Waals surface area (Å²) in [5, 5.41) is 24.3. The largest absolute Gasteiger partial charge is 0.394 e. The lowest BCUT2D eigenvalue weighted by molar-refractivity contribution is -0.123. The Morgan fingerprint density at radius 3 is 1.92 bits per heavy atom. The van der Waals surface area contributed by atoms with Gasteiger partial charge in [-0.25, -0.2) is 0 Å². The van der Waals surface area contributed by atoms with Gasteiger partial charge in [0, 0.05) is 42.0 Å². The molecule has 276 valence electrons. The van der Waals surface area contributed by atoms with Crippen LogP contribution in [0.4, 0.5) is 0 Å². The van der Waals surface area contributed by atoms with Crippen molar-refractivity contribution in [3.63, 3.8) is 0 Å². The molecule has 3 amide bonds. The number of nitrogens with two attached hydrogens (primary N) is 1. The zero-order valence-electron chi connectivity index (χ0n) is 30.0. The third-order valence-electron chi connectivity index (χ3n) is 7.38. The first kappa shape index (κ1) is 44.6. The topological polar surface area (TPSA) is 155 Å². The van der Waals surface area contributed by atoms with Crippen LogP contribution in [-0.4, -0.2) is 69.2 Å². The second-order valence-corrected chi connectivity index (χ2v) is 15.1. The van der Waals surface area contributed by atoms with Crippen LogP contribution in [-0.2, 0) is 9.59 Å². The monoisotopic (exact) mass is 726 g/mol. The van der Waals surface area contributed by atoms with Crippen LogP contribution in [0.3, 0.4) is 0 Å². The highest BCUT2D eigenvalue weighted by Gasteiger charge is 2.37. The van der Waals surface area contributed by atoms with Gasteiger partial charge in [0.05, 0.1) is 30.5 Å². The minimum Gasteiger partial charge on any atom is -0.394 e. The maximum atomic E-state index is 12.9. The maximum absolute atomic E-state index is 12.9. The number of rotatable bonds is 27. The van der Waals surface area contributed by atoms with E-state index in [0.717, 1.165) is 38.5 Å². The van der Waals surface area contributed by atoms with Crippen LogP contribution in [0.5, 0.6) is 0 Å². The van der Waals surface area contributed by atoms with E-state index in [4.69, 9.17) is 5.73 Å². The average molecular weight is 727 g/mol. The van der Waals surface area contributed by atoms with E-state index in [1.54, 1.807) is 29.1 Å². The zero-order chi connectivity index (χ0) is 36.9. The van der Waals surface area contributed by atoms with Gasteiger partial charge in [-0.2, -0.15) is 0 Å². The molecule has 0 saturated carbocycles. The van der Waals surface area contributed by atoms with Crippen molar-refractivity contribution in [2.75, 3.05) is 25.5 Å². The fourth-order valence-corrected chi connectivity index (χ4v) is 7.27. The summed E-state index contributed by atoms with van der Waals surface area (Å²) in [4.78, 5) is 41.8. The second-order valence-electron chi connectivity index (χ2n) is 12.0. The molecule has 1 rings (SSSR count). The number of amides is 3. The zero-order valence-corrected chi connectivity index (χ0v) is 31.6. The maximum Gasteiger partial charge on any atom is 0.250 e. The van der Waals surface area contributed by atoms with Crippen LogP contribution in [0.2, 0.25) is 0 Å². The number of hydrogen-bond donors (Lipinski definition) is 5. The molecule has 0 fully saturated rings. The number of carbonyl (C=O) groups is 3. The highest BCUT2D eigenvalue weighted by atomic mass is 33.1. The Labute approximate surface area is 307 Å². The van der Waals surface area contributed by atoms with Crippen LogP contribution in [0.1, 0.15) is 101 Å². The number of aromatic nitrogens is 1. The lowest BCUT2D eigenvalue weighted by Crippen LogP contribution is -2.42. The van der Waals surface area contributed by atoms with Gasteiger partial charge in [0.15, 0.2) is 0 Å². The Kier molecular flexibility index (Phi) is 25.3. The molecule has 0 aromatic carbocycles. The van der Waals surface area contributed by atoms with Gasteiger partial charge in [-0.1, -0.05) is 101 Å². The van der Waals surface area contributed by atoms with Crippen LogP contribution >= 0.6 is 21.6 Å². The molecule has 0 spiro atoms. The number of aliphatic hydroxyl groups is 2. The van der Waals surface area contributed by atoms with Crippen molar-refractivity contribution in [1.29, 1.82) is 0 Å². The molecule has 0 radical (unpaired) electrons. The number of allylic oxidation sites excluding steroid dienone is 12. The lowest BCUT2D eigenvalue weighted by Gasteiger charge is -2.33. The Morgan fingerprint density at radius 1 is 0.860 bits per heavy atom. The molecule has 6 N–H and O–H groups in total. The summed E-state index contributed by atoms with van der Waals surface area (Å²) in [6, 6.07) is 2.42. The third kappa shape index (κ3) is 21.0. The molecule has 11 heteroatoms. The summed E-state index contributed by atoms with van der Waals surface area (Å²) in [6.07, 6.45) is 34.3. The van der Waals surface area contributed by atoms with Gasteiger partial charge in [-0.05, 0) is 70.9 Å². The first-order valence-electron chi connectivity index (χ1n) is 17.4. The SMILES string of the molecule is CC/C=C\C/C=C\C/C=C\C/C=C\C/C=C\C/C=C\CCC(=O)NCCSSC(C)(C)[C@H](CC(=O)NC(CO)CO)c1ncccc1C(N)=O. The van der Waals surface area contributed by atoms with Gasteiger partial charge >= 0.3 is 0 Å². The number of carbonyl (C=O) groups excluding carboxylic acids is 3. The van der Waals surface area contributed by atoms with E-state index in [9.17, 15) is 24.6 Å². The molecule has 0 bridgehead atoms. The first-order valence-corrected chi connectivity index (χ1v) is 19.7. The number of pyridine rings is 1. The van der Waals surface area contributed by atoms with Crippen LogP contribution in [0.15, 0.2) is 91.2 Å². The van der Waals surface area contributed by atoms with Gasteiger partial charge in [-0.3, -0.25) is 19.4 Å². The Morgan fingerprint density at radius 2 is 1.40 bits per heavy atom. The summed E-state index contributed by atoms with van der Waals surface area (Å²) < 4.78 is -0.575. The van der Waals surface area contributed by atoms with Crippen molar-refractivity contribution >= 4 is 39.3 Å². The van der Waals surface area contributed by atoms with Gasteiger partial charge in [0.25, 0.3) is 5.91 Å². The van der Waals surface area contributed by atoms with E-state index in [0.29, 0.717) is 30.8 Å². The predicted octanol–water partition coefficient (Wildman–Crippen LogP) is 6.88. The molecule has 1 aromatic heterocycles. The highest BCUT2D eigenvalue weighted by molar-refractivity contribution is 8.77. The highest BCUT2D eigenvalue weighted by Crippen LogP contribution is 2.46. The first-order chi connectivity index (χ1) is 24.2. The summed E-state index contributed by atoms with van der Waals surface area (Å²) in [7, 11) is 3.09. The van der Waals surface area contributed by atoms with Crippen LogP contribution < -0.4 is 16.4 Å². The van der Waals surface area contributed by atoms with Gasteiger partial charge in [-0.15, -0.1) is 0 Å². The summed E-state index contributed by atoms with van der Waals surface area (Å²) in [5.74, 6) is -0.895. The average Bonchev–Trinajstić information content (AvgIpc) is 3.10. The van der Waals surface area contributed by atoms with E-state index >= 15 is 0 Å². The fourth-order valence-electron chi connectivity index (χ4n) is 4.62. The molecular weight excluding hydrogens is 669 g/mol. The standard InChI is InChI=1S/C39H58N4O5S2/c1-4-5-6-7-8-9-10-11-12-13-14-15-16-17-18-19-20-21-22-25-35(46)41-27-28-49-50-39(2,3)34(29-36(47)43-32(30-44)31-45)37-33(38(40)48)24-23-26-42-37/h5-6,8-9,11-12,14-15,17-18,20-21,23-24,26,32,34,44-45H,4,7,10,13,16,19,22,25,27-31H2,1-3H3,(H2,40,48)(H,41,46)(H,43,47)/b6-5-,9-8-,12-11-,15-14-,18-17-,21-20-/t34-/m1/s1. The van der Waals surface area contributed by atoms with E-state index in [1.165, 1.54) is 10.8 Å². The number of aliphatic hydroxyl groups excluding tert-OH is 2. The fraction of sp³-hybridized carbons (Fsp3) is 0.487. The third-order valence-corrected chi connectivity index (χ3v) is 10.7. The molecule has 50 heavy (non-hydrogen) atoms. The molecule has 0 aliphatic carbocycles. The minimum absolute atomic E-state index is 0.00848. The smallest absolute Gasteiger partial charge is 0.250 e. The predicted molar refractivity (Wildman–Crippen MR) is 211 cm³/mol. The van der Waals surface area contributed by atoms with E-state index in [-0.39, 0.29) is 23.8 Å². The number of nitrogens with zero attached hydrogens (tertiary/aromatic N) is 1. The van der Waals surface area contributed by atoms with Crippen molar-refractivity contribution in [1.82, 2.24) is 15.6 Å².